The summed E-state index contributed by atoms with van der Waals surface area (Å²) in [4.78, 5) is 29.5. The van der Waals surface area contributed by atoms with Gasteiger partial charge in [-0.2, -0.15) is 0 Å². The van der Waals surface area contributed by atoms with E-state index < -0.39 is 28.9 Å². The number of hydrogen-bond donors (Lipinski definition) is 3. The molecule has 9 heteroatoms. The molecule has 1 heterocycles. The lowest BCUT2D eigenvalue weighted by atomic mass is 9.60. The first-order valence-corrected chi connectivity index (χ1v) is 10.9. The molecule has 1 aromatic heterocycles. The number of fused-ring (bicyclic) bond motifs is 3. The number of aliphatic hydroxyl groups is 1. The number of nitrogens with zero attached hydrogens (tertiary/aromatic N) is 1. The van der Waals surface area contributed by atoms with E-state index in [4.69, 9.17) is 16.3 Å². The van der Waals surface area contributed by atoms with E-state index in [0.717, 1.165) is 11.8 Å². The van der Waals surface area contributed by atoms with E-state index >= 15 is 0 Å². The Morgan fingerprint density at radius 3 is 2.62 bits per heavy atom. The SMILES string of the molecule is Cc1cccc(C(=O)NC23CCC(NC(=O)COc4ccc(Cl)c(F)c4)(CC2)[C@@H](O)C3)n1. The van der Waals surface area contributed by atoms with Gasteiger partial charge in [-0.3, -0.25) is 9.59 Å². The van der Waals surface area contributed by atoms with Crippen molar-refractivity contribution in [2.24, 2.45) is 0 Å². The Balaban J connectivity index is 1.35. The van der Waals surface area contributed by atoms with Crippen LogP contribution < -0.4 is 15.4 Å². The molecule has 5 rings (SSSR count). The Morgan fingerprint density at radius 2 is 1.97 bits per heavy atom. The highest BCUT2D eigenvalue weighted by molar-refractivity contribution is 6.30. The number of halogens is 2. The van der Waals surface area contributed by atoms with Gasteiger partial charge < -0.3 is 20.5 Å². The molecule has 0 saturated heterocycles. The summed E-state index contributed by atoms with van der Waals surface area (Å²) in [5, 5.41) is 16.8. The van der Waals surface area contributed by atoms with Crippen molar-refractivity contribution in [3.63, 3.8) is 0 Å². The lowest BCUT2D eigenvalue weighted by molar-refractivity contribution is -0.132. The number of aryl methyl sites for hydroxylation is 1. The summed E-state index contributed by atoms with van der Waals surface area (Å²) in [6.45, 7) is 1.51. The summed E-state index contributed by atoms with van der Waals surface area (Å²) < 4.78 is 18.9. The van der Waals surface area contributed by atoms with E-state index in [1.54, 1.807) is 12.1 Å². The van der Waals surface area contributed by atoms with Gasteiger partial charge in [0.15, 0.2) is 6.61 Å². The smallest absolute Gasteiger partial charge is 0.270 e. The Labute approximate surface area is 190 Å². The van der Waals surface area contributed by atoms with Crippen LogP contribution in [0.4, 0.5) is 4.39 Å². The number of nitrogens with one attached hydrogen (secondary N) is 2. The van der Waals surface area contributed by atoms with Crippen LogP contribution in [0, 0.1) is 12.7 Å². The Morgan fingerprint density at radius 1 is 1.22 bits per heavy atom. The van der Waals surface area contributed by atoms with Crippen molar-refractivity contribution in [3.05, 3.63) is 58.6 Å². The fraction of sp³-hybridized carbons (Fsp3) is 0.435. The molecular formula is C23H25ClFN3O4. The number of amides is 2. The average Bonchev–Trinajstić information content (AvgIpc) is 2.76. The monoisotopic (exact) mass is 461 g/mol. The standard InChI is InChI=1S/C23H25ClFN3O4/c1-14-3-2-4-18(26-14)21(31)28-22-7-9-23(10-8-22,19(29)12-22)27-20(30)13-32-15-5-6-16(24)17(25)11-15/h2-6,11,19,29H,7-10,12-13H2,1H3,(H,27,30)(H,28,31)/t19-,22?,23?/m0/s1. The molecule has 3 N–H and O–H groups in total. The maximum atomic E-state index is 13.5. The summed E-state index contributed by atoms with van der Waals surface area (Å²) in [6.07, 6.45) is 1.84. The molecule has 1 atom stereocenters. The third-order valence-electron chi connectivity index (χ3n) is 6.47. The maximum Gasteiger partial charge on any atom is 0.270 e. The maximum absolute atomic E-state index is 13.5. The minimum atomic E-state index is -0.812. The molecule has 0 radical (unpaired) electrons. The molecule has 3 saturated carbocycles. The molecule has 0 unspecified atom stereocenters. The van der Waals surface area contributed by atoms with Crippen LogP contribution in [0.3, 0.4) is 0 Å². The number of rotatable bonds is 6. The molecule has 0 spiro atoms. The molecule has 1 aromatic carbocycles. The van der Waals surface area contributed by atoms with Crippen molar-refractivity contribution in [3.8, 4) is 5.75 Å². The van der Waals surface area contributed by atoms with Crippen LogP contribution in [0.2, 0.25) is 5.02 Å². The second-order valence-corrected chi connectivity index (χ2v) is 9.09. The zero-order valence-corrected chi connectivity index (χ0v) is 18.4. The zero-order valence-electron chi connectivity index (χ0n) is 17.7. The summed E-state index contributed by atoms with van der Waals surface area (Å²) >= 11 is 5.65. The van der Waals surface area contributed by atoms with Gasteiger partial charge in [0.25, 0.3) is 11.8 Å². The molecule has 32 heavy (non-hydrogen) atoms. The first-order valence-electron chi connectivity index (χ1n) is 10.5. The molecule has 170 valence electrons. The topological polar surface area (TPSA) is 101 Å². The lowest BCUT2D eigenvalue weighted by Gasteiger charge is -2.56. The second kappa shape index (κ2) is 8.67. The lowest BCUT2D eigenvalue weighted by Crippen LogP contribution is -2.70. The van der Waals surface area contributed by atoms with E-state index in [1.165, 1.54) is 12.1 Å². The number of carbonyl (C=O) groups excluding carboxylic acids is 2. The zero-order chi connectivity index (χ0) is 22.9. The normalized spacial score (nSPS) is 26.4. The fourth-order valence-electron chi connectivity index (χ4n) is 4.67. The third kappa shape index (κ3) is 4.56. The van der Waals surface area contributed by atoms with E-state index in [2.05, 4.69) is 15.6 Å². The summed E-state index contributed by atoms with van der Waals surface area (Å²) in [6, 6.07) is 9.22. The Hall–Kier alpha value is -2.71. The Kier molecular flexibility index (Phi) is 6.09. The minimum absolute atomic E-state index is 0.0259. The van der Waals surface area contributed by atoms with Crippen molar-refractivity contribution in [1.82, 2.24) is 15.6 Å². The molecule has 3 aliphatic rings. The van der Waals surface area contributed by atoms with Gasteiger partial charge >= 0.3 is 0 Å². The molecule has 0 aliphatic heterocycles. The van der Waals surface area contributed by atoms with Crippen molar-refractivity contribution < 1.29 is 23.8 Å². The molecule has 7 nitrogen and oxygen atoms in total. The van der Waals surface area contributed by atoms with E-state index in [-0.39, 0.29) is 23.3 Å². The number of pyridine rings is 1. The minimum Gasteiger partial charge on any atom is -0.484 e. The van der Waals surface area contributed by atoms with Gasteiger partial charge in [-0.15, -0.1) is 0 Å². The number of hydrogen-bond acceptors (Lipinski definition) is 5. The first kappa shape index (κ1) is 22.5. The van der Waals surface area contributed by atoms with E-state index in [9.17, 15) is 19.1 Å². The predicted octanol–water partition coefficient (Wildman–Crippen LogP) is 2.92. The van der Waals surface area contributed by atoms with Gasteiger partial charge in [0, 0.05) is 17.3 Å². The van der Waals surface area contributed by atoms with Gasteiger partial charge in [-0.05, 0) is 63.3 Å². The van der Waals surface area contributed by atoms with Gasteiger partial charge in [-0.1, -0.05) is 17.7 Å². The van der Waals surface area contributed by atoms with Gasteiger partial charge in [0.2, 0.25) is 0 Å². The fourth-order valence-corrected chi connectivity index (χ4v) is 4.78. The van der Waals surface area contributed by atoms with Crippen LogP contribution >= 0.6 is 11.6 Å². The number of benzene rings is 1. The van der Waals surface area contributed by atoms with Crippen LogP contribution in [-0.2, 0) is 4.79 Å². The van der Waals surface area contributed by atoms with Crippen LogP contribution in [-0.4, -0.2) is 45.7 Å². The second-order valence-electron chi connectivity index (χ2n) is 8.69. The van der Waals surface area contributed by atoms with Crippen LogP contribution in [0.1, 0.15) is 48.3 Å². The summed E-state index contributed by atoms with van der Waals surface area (Å²) in [7, 11) is 0. The van der Waals surface area contributed by atoms with Gasteiger partial charge in [0.1, 0.15) is 17.3 Å². The number of aromatic nitrogens is 1. The molecule has 3 fully saturated rings. The Bertz CT molecular complexity index is 1040. The van der Waals surface area contributed by atoms with Crippen LogP contribution in [0.25, 0.3) is 0 Å². The molecular weight excluding hydrogens is 437 g/mol. The highest BCUT2D eigenvalue weighted by Crippen LogP contribution is 2.47. The van der Waals surface area contributed by atoms with Crippen molar-refractivity contribution in [2.45, 2.75) is 56.2 Å². The van der Waals surface area contributed by atoms with E-state index in [0.29, 0.717) is 37.8 Å². The number of aliphatic hydroxyl groups excluding tert-OH is 1. The first-order chi connectivity index (χ1) is 15.2. The predicted molar refractivity (Wildman–Crippen MR) is 116 cm³/mol. The van der Waals surface area contributed by atoms with Crippen LogP contribution in [0.5, 0.6) is 5.75 Å². The summed E-state index contributed by atoms with van der Waals surface area (Å²) in [5.74, 6) is -1.10. The quantitative estimate of drug-likeness (QED) is 0.614. The summed E-state index contributed by atoms with van der Waals surface area (Å²) in [5.41, 5.74) is -0.181. The highest BCUT2D eigenvalue weighted by Gasteiger charge is 2.55. The van der Waals surface area contributed by atoms with Crippen molar-refractivity contribution >= 4 is 23.4 Å². The largest absolute Gasteiger partial charge is 0.484 e. The molecule has 3 aliphatic carbocycles. The van der Waals surface area contributed by atoms with Crippen molar-refractivity contribution in [2.75, 3.05) is 6.61 Å². The van der Waals surface area contributed by atoms with Gasteiger partial charge in [-0.25, -0.2) is 9.37 Å². The van der Waals surface area contributed by atoms with Crippen molar-refractivity contribution in [1.29, 1.82) is 0 Å². The molecule has 2 bridgehead atoms. The average molecular weight is 462 g/mol. The third-order valence-corrected chi connectivity index (χ3v) is 6.78. The highest BCUT2D eigenvalue weighted by atomic mass is 35.5. The number of ether oxygens (including phenoxy) is 1. The number of carbonyl (C=O) groups is 2. The molecule has 2 amide bonds. The van der Waals surface area contributed by atoms with E-state index in [1.807, 2.05) is 13.0 Å². The van der Waals surface area contributed by atoms with Gasteiger partial charge in [0.05, 0.1) is 16.7 Å². The molecule has 2 aromatic rings. The van der Waals surface area contributed by atoms with Crippen LogP contribution in [0.15, 0.2) is 36.4 Å².